The summed E-state index contributed by atoms with van der Waals surface area (Å²) in [6.45, 7) is 2.05. The lowest BCUT2D eigenvalue weighted by Gasteiger charge is -2.16. The number of nitrogens with one attached hydrogen (secondary N) is 1. The first-order valence-corrected chi connectivity index (χ1v) is 7.40. The van der Waals surface area contributed by atoms with Crippen molar-refractivity contribution >= 4 is 11.8 Å². The van der Waals surface area contributed by atoms with Crippen molar-refractivity contribution in [1.82, 2.24) is 5.32 Å². The third-order valence-electron chi connectivity index (χ3n) is 3.14. The third-order valence-corrected chi connectivity index (χ3v) is 4.22. The van der Waals surface area contributed by atoms with E-state index in [2.05, 4.69) is 29.6 Å². The highest BCUT2D eigenvalue weighted by Crippen LogP contribution is 2.26. The second-order valence-electron chi connectivity index (χ2n) is 4.64. The van der Waals surface area contributed by atoms with Gasteiger partial charge in [0, 0.05) is 16.7 Å². The van der Waals surface area contributed by atoms with Gasteiger partial charge in [-0.15, -0.1) is 11.8 Å². The molecule has 1 nitrogen and oxygen atoms in total. The first-order chi connectivity index (χ1) is 9.60. The van der Waals surface area contributed by atoms with Crippen molar-refractivity contribution in [2.24, 2.45) is 0 Å². The molecule has 0 radical (unpaired) electrons. The van der Waals surface area contributed by atoms with Gasteiger partial charge < -0.3 is 5.32 Å². The Morgan fingerprint density at radius 1 is 1.05 bits per heavy atom. The van der Waals surface area contributed by atoms with E-state index in [1.54, 1.807) is 6.07 Å². The van der Waals surface area contributed by atoms with Crippen molar-refractivity contribution in [3.63, 3.8) is 0 Å². The summed E-state index contributed by atoms with van der Waals surface area (Å²) in [4.78, 5) is 0.733. The fourth-order valence-electron chi connectivity index (χ4n) is 1.89. The maximum atomic E-state index is 13.1. The van der Waals surface area contributed by atoms with Crippen LogP contribution >= 0.6 is 11.8 Å². The molecule has 106 valence electrons. The second kappa shape index (κ2) is 6.86. The molecule has 0 aliphatic rings. The van der Waals surface area contributed by atoms with Gasteiger partial charge in [-0.2, -0.15) is 0 Å². The first-order valence-electron chi connectivity index (χ1n) is 6.42. The molecule has 0 heterocycles. The number of benzene rings is 2. The minimum Gasteiger partial charge on any atom is -0.312 e. The standard InChI is InChI=1S/C16H17F2NS/c1-11-3-5-12(6-4-11)16(19-2)10-20-13-7-8-14(17)15(18)9-13/h3-9,16,19H,10H2,1-2H3. The molecule has 0 spiro atoms. The normalized spacial score (nSPS) is 12.4. The summed E-state index contributed by atoms with van der Waals surface area (Å²) in [6, 6.07) is 12.5. The minimum atomic E-state index is -0.807. The molecule has 2 aromatic carbocycles. The monoisotopic (exact) mass is 293 g/mol. The van der Waals surface area contributed by atoms with Gasteiger partial charge in [0.1, 0.15) is 0 Å². The van der Waals surface area contributed by atoms with Crippen LogP contribution in [0.4, 0.5) is 8.78 Å². The molecule has 0 amide bonds. The number of thioether (sulfide) groups is 1. The molecule has 0 fully saturated rings. The summed E-state index contributed by atoms with van der Waals surface area (Å²) in [5.41, 5.74) is 2.41. The molecule has 1 atom stereocenters. The van der Waals surface area contributed by atoms with Gasteiger partial charge in [0.15, 0.2) is 11.6 Å². The Balaban J connectivity index is 2.03. The molecular weight excluding hydrogens is 276 g/mol. The summed E-state index contributed by atoms with van der Waals surface area (Å²) in [5.74, 6) is -0.852. The van der Waals surface area contributed by atoms with E-state index in [0.717, 1.165) is 16.7 Å². The Kier molecular flexibility index (Phi) is 5.15. The molecule has 20 heavy (non-hydrogen) atoms. The van der Waals surface area contributed by atoms with E-state index in [-0.39, 0.29) is 6.04 Å². The zero-order chi connectivity index (χ0) is 14.5. The van der Waals surface area contributed by atoms with Crippen LogP contribution in [-0.4, -0.2) is 12.8 Å². The van der Waals surface area contributed by atoms with Crippen molar-refractivity contribution in [3.05, 3.63) is 65.2 Å². The lowest BCUT2D eigenvalue weighted by Crippen LogP contribution is -2.18. The number of halogens is 2. The van der Waals surface area contributed by atoms with Gasteiger partial charge in [0.25, 0.3) is 0 Å². The Morgan fingerprint density at radius 2 is 1.75 bits per heavy atom. The molecule has 0 aliphatic heterocycles. The van der Waals surface area contributed by atoms with Crippen LogP contribution in [0.3, 0.4) is 0 Å². The topological polar surface area (TPSA) is 12.0 Å². The quantitative estimate of drug-likeness (QED) is 0.824. The summed E-state index contributed by atoms with van der Waals surface area (Å²) in [7, 11) is 1.90. The average molecular weight is 293 g/mol. The Morgan fingerprint density at radius 3 is 2.35 bits per heavy atom. The van der Waals surface area contributed by atoms with Gasteiger partial charge in [-0.1, -0.05) is 29.8 Å². The van der Waals surface area contributed by atoms with Crippen LogP contribution in [-0.2, 0) is 0 Å². The van der Waals surface area contributed by atoms with Crippen LogP contribution in [0, 0.1) is 18.6 Å². The molecule has 4 heteroatoms. The van der Waals surface area contributed by atoms with Crippen LogP contribution < -0.4 is 5.32 Å². The lowest BCUT2D eigenvalue weighted by atomic mass is 10.1. The van der Waals surface area contributed by atoms with E-state index in [1.165, 1.54) is 29.0 Å². The predicted octanol–water partition coefficient (Wildman–Crippen LogP) is 4.33. The van der Waals surface area contributed by atoms with E-state index in [0.29, 0.717) is 0 Å². The van der Waals surface area contributed by atoms with Crippen molar-refractivity contribution in [3.8, 4) is 0 Å². The lowest BCUT2D eigenvalue weighted by molar-refractivity contribution is 0.506. The van der Waals surface area contributed by atoms with Gasteiger partial charge >= 0.3 is 0 Å². The fourth-order valence-corrected chi connectivity index (χ4v) is 2.96. The summed E-state index contributed by atoms with van der Waals surface area (Å²) < 4.78 is 26.0. The number of aryl methyl sites for hydroxylation is 1. The zero-order valence-electron chi connectivity index (χ0n) is 11.5. The van der Waals surface area contributed by atoms with Crippen LogP contribution in [0.1, 0.15) is 17.2 Å². The minimum absolute atomic E-state index is 0.175. The van der Waals surface area contributed by atoms with Crippen LogP contribution in [0.2, 0.25) is 0 Å². The van der Waals surface area contributed by atoms with Gasteiger partial charge in [-0.05, 0) is 37.7 Å². The Bertz CT molecular complexity index is 569. The summed E-state index contributed by atoms with van der Waals surface area (Å²) >= 11 is 1.51. The van der Waals surface area contributed by atoms with E-state index in [9.17, 15) is 8.78 Å². The molecule has 0 bridgehead atoms. The van der Waals surface area contributed by atoms with E-state index < -0.39 is 11.6 Å². The number of hydrogen-bond donors (Lipinski definition) is 1. The van der Waals surface area contributed by atoms with Crippen molar-refractivity contribution in [1.29, 1.82) is 0 Å². The number of rotatable bonds is 5. The van der Waals surface area contributed by atoms with Crippen molar-refractivity contribution < 1.29 is 8.78 Å². The molecule has 2 rings (SSSR count). The van der Waals surface area contributed by atoms with E-state index >= 15 is 0 Å². The smallest absolute Gasteiger partial charge is 0.159 e. The Labute approximate surface area is 122 Å². The molecular formula is C16H17F2NS. The number of hydrogen-bond acceptors (Lipinski definition) is 2. The SMILES string of the molecule is CNC(CSc1ccc(F)c(F)c1)c1ccc(C)cc1. The van der Waals surface area contributed by atoms with Crippen molar-refractivity contribution in [2.45, 2.75) is 17.9 Å². The third kappa shape index (κ3) is 3.81. The van der Waals surface area contributed by atoms with E-state index in [4.69, 9.17) is 0 Å². The molecule has 0 aromatic heterocycles. The maximum Gasteiger partial charge on any atom is 0.159 e. The van der Waals surface area contributed by atoms with Gasteiger partial charge in [-0.25, -0.2) is 8.78 Å². The largest absolute Gasteiger partial charge is 0.312 e. The second-order valence-corrected chi connectivity index (χ2v) is 5.73. The van der Waals surface area contributed by atoms with Gasteiger partial charge in [0.05, 0.1) is 0 Å². The summed E-state index contributed by atoms with van der Waals surface area (Å²) in [5, 5.41) is 3.25. The molecule has 1 N–H and O–H groups in total. The highest BCUT2D eigenvalue weighted by Gasteiger charge is 2.10. The van der Waals surface area contributed by atoms with E-state index in [1.807, 2.05) is 14.0 Å². The van der Waals surface area contributed by atoms with Crippen LogP contribution in [0.5, 0.6) is 0 Å². The van der Waals surface area contributed by atoms with Gasteiger partial charge in [0.2, 0.25) is 0 Å². The molecule has 1 unspecified atom stereocenters. The highest BCUT2D eigenvalue weighted by molar-refractivity contribution is 7.99. The highest BCUT2D eigenvalue weighted by atomic mass is 32.2. The molecule has 2 aromatic rings. The fraction of sp³-hybridized carbons (Fsp3) is 0.250. The summed E-state index contributed by atoms with van der Waals surface area (Å²) in [6.07, 6.45) is 0. The molecule has 0 saturated heterocycles. The molecule has 0 saturated carbocycles. The van der Waals surface area contributed by atoms with Crippen LogP contribution in [0.25, 0.3) is 0 Å². The van der Waals surface area contributed by atoms with Crippen LogP contribution in [0.15, 0.2) is 47.4 Å². The van der Waals surface area contributed by atoms with Crippen molar-refractivity contribution in [2.75, 3.05) is 12.8 Å². The first kappa shape index (κ1) is 15.0. The maximum absolute atomic E-state index is 13.1. The molecule has 0 aliphatic carbocycles. The Hall–Kier alpha value is -1.39. The zero-order valence-corrected chi connectivity index (χ0v) is 12.3. The predicted molar refractivity (Wildman–Crippen MR) is 80.1 cm³/mol. The van der Waals surface area contributed by atoms with Gasteiger partial charge in [-0.3, -0.25) is 0 Å². The average Bonchev–Trinajstić information content (AvgIpc) is 2.45.